The summed E-state index contributed by atoms with van der Waals surface area (Å²) in [4.78, 5) is 27.1. The lowest BCUT2D eigenvalue weighted by Crippen LogP contribution is -2.60. The summed E-state index contributed by atoms with van der Waals surface area (Å²) in [5.74, 6) is -0.0898. The second-order valence-corrected chi connectivity index (χ2v) is 5.63. The van der Waals surface area contributed by atoms with Gasteiger partial charge in [0.2, 0.25) is 5.91 Å². The van der Waals surface area contributed by atoms with E-state index in [1.807, 2.05) is 20.8 Å². The number of carbonyl (C=O) groups is 2. The largest absolute Gasteiger partial charge is 0.444 e. The zero-order chi connectivity index (χ0) is 13.9. The molecule has 7 heteroatoms. The molecule has 1 rings (SSSR count). The Kier molecular flexibility index (Phi) is 6.59. The molecule has 1 saturated heterocycles. The number of amides is 2. The van der Waals surface area contributed by atoms with Crippen LogP contribution in [0.2, 0.25) is 0 Å². The molecule has 1 fully saturated rings. The average Bonchev–Trinajstić information content (AvgIpc) is 2.25. The first-order valence-electron chi connectivity index (χ1n) is 6.14. The second kappa shape index (κ2) is 6.96. The third-order valence-electron chi connectivity index (χ3n) is 2.60. The highest BCUT2D eigenvalue weighted by Crippen LogP contribution is 2.14. The molecule has 112 valence electrons. The highest BCUT2D eigenvalue weighted by Gasteiger charge is 2.35. The zero-order valence-corrected chi connectivity index (χ0v) is 13.0. The van der Waals surface area contributed by atoms with Crippen LogP contribution in [0.15, 0.2) is 0 Å². The van der Waals surface area contributed by atoms with Gasteiger partial charge in [0, 0.05) is 33.7 Å². The Balaban J connectivity index is 0.00000324. The predicted molar refractivity (Wildman–Crippen MR) is 75.5 cm³/mol. The van der Waals surface area contributed by atoms with Gasteiger partial charge >= 0.3 is 6.09 Å². The van der Waals surface area contributed by atoms with Crippen LogP contribution in [-0.4, -0.2) is 67.2 Å². The van der Waals surface area contributed by atoms with Crippen molar-refractivity contribution in [3.8, 4) is 0 Å². The fourth-order valence-corrected chi connectivity index (χ4v) is 1.76. The molecule has 0 aromatic heterocycles. The first kappa shape index (κ1) is 18.0. The number of hydrogen-bond acceptors (Lipinski definition) is 4. The van der Waals surface area contributed by atoms with Crippen molar-refractivity contribution in [1.82, 2.24) is 15.1 Å². The van der Waals surface area contributed by atoms with Crippen LogP contribution >= 0.6 is 12.4 Å². The van der Waals surface area contributed by atoms with Crippen LogP contribution in [-0.2, 0) is 9.53 Å². The number of ether oxygens (including phenoxy) is 1. The monoisotopic (exact) mass is 293 g/mol. The van der Waals surface area contributed by atoms with Crippen molar-refractivity contribution in [2.75, 3.05) is 33.7 Å². The maximum absolute atomic E-state index is 12.1. The van der Waals surface area contributed by atoms with Gasteiger partial charge in [-0.2, -0.15) is 0 Å². The molecule has 2 amide bonds. The van der Waals surface area contributed by atoms with E-state index >= 15 is 0 Å². The van der Waals surface area contributed by atoms with Gasteiger partial charge in [-0.25, -0.2) is 4.79 Å². The molecule has 0 aromatic carbocycles. The molecule has 1 aliphatic rings. The Morgan fingerprint density at radius 2 is 1.89 bits per heavy atom. The number of hydrogen-bond donors (Lipinski definition) is 1. The number of carbonyl (C=O) groups excluding carboxylic acids is 2. The molecule has 0 saturated carbocycles. The molecule has 0 aromatic rings. The Hall–Kier alpha value is -1.01. The molecule has 0 bridgehead atoms. The van der Waals surface area contributed by atoms with Crippen LogP contribution in [0.5, 0.6) is 0 Å². The molecule has 0 unspecified atom stereocenters. The lowest BCUT2D eigenvalue weighted by molar-refractivity contribution is -0.134. The first-order chi connectivity index (χ1) is 8.22. The first-order valence-corrected chi connectivity index (χ1v) is 6.14. The predicted octanol–water partition coefficient (Wildman–Crippen LogP) is 0.705. The molecule has 1 heterocycles. The Labute approximate surface area is 120 Å². The number of piperazine rings is 1. The van der Waals surface area contributed by atoms with E-state index in [-0.39, 0.29) is 18.3 Å². The van der Waals surface area contributed by atoms with Crippen molar-refractivity contribution in [2.45, 2.75) is 32.4 Å². The van der Waals surface area contributed by atoms with Crippen LogP contribution < -0.4 is 5.32 Å². The average molecular weight is 294 g/mol. The van der Waals surface area contributed by atoms with Gasteiger partial charge < -0.3 is 15.0 Å². The van der Waals surface area contributed by atoms with Gasteiger partial charge in [-0.05, 0) is 20.8 Å². The molecule has 0 spiro atoms. The molecule has 1 N–H and O–H groups in total. The van der Waals surface area contributed by atoms with E-state index in [4.69, 9.17) is 4.74 Å². The van der Waals surface area contributed by atoms with Crippen LogP contribution in [0.1, 0.15) is 20.8 Å². The third kappa shape index (κ3) is 5.24. The van der Waals surface area contributed by atoms with E-state index in [9.17, 15) is 9.59 Å². The van der Waals surface area contributed by atoms with Gasteiger partial charge in [-0.3, -0.25) is 9.69 Å². The molecule has 1 atom stereocenters. The van der Waals surface area contributed by atoms with Crippen molar-refractivity contribution in [2.24, 2.45) is 0 Å². The summed E-state index contributed by atoms with van der Waals surface area (Å²) in [6.07, 6.45) is -0.427. The normalized spacial score (nSPS) is 19.4. The summed E-state index contributed by atoms with van der Waals surface area (Å²) in [6, 6.07) is -0.483. The number of rotatable bonds is 1. The molecule has 0 radical (unpaired) electrons. The van der Waals surface area contributed by atoms with E-state index in [1.54, 1.807) is 14.1 Å². The second-order valence-electron chi connectivity index (χ2n) is 5.63. The molecule has 19 heavy (non-hydrogen) atoms. The SMILES string of the molecule is CN(C)C(=O)[C@@H]1CNCCN1C(=O)OC(C)(C)C.Cl. The Bertz CT molecular complexity index is 329. The quantitative estimate of drug-likeness (QED) is 0.773. The van der Waals surface area contributed by atoms with Crippen molar-refractivity contribution in [3.63, 3.8) is 0 Å². The van der Waals surface area contributed by atoms with Crippen molar-refractivity contribution in [1.29, 1.82) is 0 Å². The van der Waals surface area contributed by atoms with Crippen molar-refractivity contribution >= 4 is 24.4 Å². The standard InChI is InChI=1S/C12H23N3O3.ClH/c1-12(2,3)18-11(17)15-7-6-13-8-9(15)10(16)14(4)5;/h9,13H,6-8H2,1-5H3;1H/t9-;/m0./s1. The van der Waals surface area contributed by atoms with Crippen LogP contribution in [0.3, 0.4) is 0 Å². The number of likely N-dealkylation sites (N-methyl/N-ethyl adjacent to an activating group) is 1. The fourth-order valence-electron chi connectivity index (χ4n) is 1.76. The van der Waals surface area contributed by atoms with Gasteiger partial charge in [-0.15, -0.1) is 12.4 Å². The van der Waals surface area contributed by atoms with E-state index < -0.39 is 17.7 Å². The van der Waals surface area contributed by atoms with E-state index in [0.717, 1.165) is 0 Å². The highest BCUT2D eigenvalue weighted by atomic mass is 35.5. The molecular weight excluding hydrogens is 270 g/mol. The summed E-state index contributed by atoms with van der Waals surface area (Å²) in [5, 5.41) is 3.12. The molecule has 1 aliphatic heterocycles. The maximum Gasteiger partial charge on any atom is 0.411 e. The number of halogens is 1. The number of nitrogens with one attached hydrogen (secondary N) is 1. The third-order valence-corrected chi connectivity index (χ3v) is 2.60. The van der Waals surface area contributed by atoms with Gasteiger partial charge in [0.05, 0.1) is 0 Å². The summed E-state index contributed by atoms with van der Waals surface area (Å²) >= 11 is 0. The van der Waals surface area contributed by atoms with Gasteiger partial charge in [0.1, 0.15) is 11.6 Å². The topological polar surface area (TPSA) is 61.9 Å². The minimum absolute atomic E-state index is 0. The fraction of sp³-hybridized carbons (Fsp3) is 0.833. The maximum atomic E-state index is 12.1. The number of nitrogens with zero attached hydrogens (tertiary/aromatic N) is 2. The Morgan fingerprint density at radius 3 is 2.37 bits per heavy atom. The summed E-state index contributed by atoms with van der Waals surface area (Å²) in [7, 11) is 3.37. The van der Waals surface area contributed by atoms with E-state index in [0.29, 0.717) is 19.6 Å². The molecule has 0 aliphatic carbocycles. The van der Waals surface area contributed by atoms with Crippen LogP contribution in [0.4, 0.5) is 4.79 Å². The van der Waals surface area contributed by atoms with Crippen molar-refractivity contribution in [3.05, 3.63) is 0 Å². The van der Waals surface area contributed by atoms with Gasteiger partial charge in [0.15, 0.2) is 0 Å². The van der Waals surface area contributed by atoms with Gasteiger partial charge in [-0.1, -0.05) is 0 Å². The molecule has 6 nitrogen and oxygen atoms in total. The zero-order valence-electron chi connectivity index (χ0n) is 12.2. The van der Waals surface area contributed by atoms with Gasteiger partial charge in [0.25, 0.3) is 0 Å². The lowest BCUT2D eigenvalue weighted by atomic mass is 10.1. The van der Waals surface area contributed by atoms with E-state index in [1.165, 1.54) is 9.80 Å². The molecular formula is C12H24ClN3O3. The highest BCUT2D eigenvalue weighted by molar-refractivity contribution is 5.86. The summed E-state index contributed by atoms with van der Waals surface area (Å²) in [5.41, 5.74) is -0.548. The van der Waals surface area contributed by atoms with Crippen LogP contribution in [0, 0.1) is 0 Å². The Morgan fingerprint density at radius 1 is 1.32 bits per heavy atom. The van der Waals surface area contributed by atoms with Crippen molar-refractivity contribution < 1.29 is 14.3 Å². The smallest absolute Gasteiger partial charge is 0.411 e. The summed E-state index contributed by atoms with van der Waals surface area (Å²) < 4.78 is 5.33. The van der Waals surface area contributed by atoms with Crippen LogP contribution in [0.25, 0.3) is 0 Å². The lowest BCUT2D eigenvalue weighted by Gasteiger charge is -2.37. The summed E-state index contributed by atoms with van der Waals surface area (Å²) in [6.45, 7) is 7.08. The minimum Gasteiger partial charge on any atom is -0.444 e. The van der Waals surface area contributed by atoms with E-state index in [2.05, 4.69) is 5.32 Å². The minimum atomic E-state index is -0.548.